The summed E-state index contributed by atoms with van der Waals surface area (Å²) < 4.78 is 20.3. The van der Waals surface area contributed by atoms with Crippen LogP contribution in [0.2, 0.25) is 0 Å². The molecule has 0 bridgehead atoms. The van der Waals surface area contributed by atoms with Crippen molar-refractivity contribution < 1.29 is 23.5 Å². The maximum atomic E-state index is 15.0. The first kappa shape index (κ1) is 20.6. The fourth-order valence-corrected chi connectivity index (χ4v) is 4.29. The molecular formula is C21H27FN4O4. The topological polar surface area (TPSA) is 73.4 Å². The normalized spacial score (nSPS) is 22.7. The maximum Gasteiger partial charge on any atom is 0.414 e. The summed E-state index contributed by atoms with van der Waals surface area (Å²) in [5.74, 6) is -0.231. The van der Waals surface area contributed by atoms with Gasteiger partial charge in [-0.15, -0.1) is 0 Å². The molecule has 0 aromatic heterocycles. The van der Waals surface area contributed by atoms with Crippen molar-refractivity contribution in [3.05, 3.63) is 24.0 Å². The number of hydrogen-bond donors (Lipinski definition) is 0. The molecule has 0 unspecified atom stereocenters. The Bertz CT molecular complexity index is 848. The largest absolute Gasteiger partial charge is 0.444 e. The lowest BCUT2D eigenvalue weighted by molar-refractivity contribution is -0.153. The van der Waals surface area contributed by atoms with Crippen LogP contribution in [0.4, 0.5) is 20.6 Å². The van der Waals surface area contributed by atoms with Crippen LogP contribution >= 0.6 is 0 Å². The van der Waals surface area contributed by atoms with E-state index in [0.717, 1.165) is 13.0 Å². The van der Waals surface area contributed by atoms with Crippen LogP contribution in [0.1, 0.15) is 32.6 Å². The van der Waals surface area contributed by atoms with Gasteiger partial charge < -0.3 is 14.4 Å². The Labute approximate surface area is 175 Å². The number of ketones is 1. The second-order valence-corrected chi connectivity index (χ2v) is 8.05. The molecule has 0 spiro atoms. The summed E-state index contributed by atoms with van der Waals surface area (Å²) in [5.41, 5.74) is 0.908. The van der Waals surface area contributed by atoms with Gasteiger partial charge in [0, 0.05) is 39.0 Å². The number of carbonyl (C=O) groups is 3. The molecule has 1 atom stereocenters. The molecule has 162 valence electrons. The van der Waals surface area contributed by atoms with Crippen molar-refractivity contribution >= 4 is 29.2 Å². The number of amides is 2. The predicted octanol–water partition coefficient (Wildman–Crippen LogP) is 2.18. The van der Waals surface area contributed by atoms with E-state index in [0.29, 0.717) is 63.4 Å². The molecule has 3 aliphatic rings. The number of anilines is 2. The van der Waals surface area contributed by atoms with Gasteiger partial charge in [0.25, 0.3) is 0 Å². The third-order valence-corrected chi connectivity index (χ3v) is 5.92. The zero-order chi connectivity index (χ0) is 21.3. The Morgan fingerprint density at radius 2 is 1.97 bits per heavy atom. The molecule has 1 aromatic carbocycles. The second kappa shape index (κ2) is 8.59. The molecular weight excluding hydrogens is 391 g/mol. The minimum absolute atomic E-state index is 0.0477. The van der Waals surface area contributed by atoms with Gasteiger partial charge in [-0.3, -0.25) is 14.7 Å². The Balaban J connectivity index is 1.44. The first-order chi connectivity index (χ1) is 14.4. The van der Waals surface area contributed by atoms with Gasteiger partial charge in [0.1, 0.15) is 17.7 Å². The highest BCUT2D eigenvalue weighted by atomic mass is 19.1. The summed E-state index contributed by atoms with van der Waals surface area (Å²) in [4.78, 5) is 38.9. The average molecular weight is 418 g/mol. The molecule has 9 heteroatoms. The summed E-state index contributed by atoms with van der Waals surface area (Å²) in [5, 5.41) is 3.84. The molecule has 3 fully saturated rings. The molecule has 3 aliphatic heterocycles. The molecule has 30 heavy (non-hydrogen) atoms. The smallest absolute Gasteiger partial charge is 0.414 e. The van der Waals surface area contributed by atoms with Crippen molar-refractivity contribution in [2.75, 3.05) is 49.1 Å². The number of cyclic esters (lactones) is 1. The van der Waals surface area contributed by atoms with E-state index in [1.807, 2.05) is 4.90 Å². The van der Waals surface area contributed by atoms with E-state index in [4.69, 9.17) is 4.74 Å². The number of fused-ring (bicyclic) bond motifs is 1. The summed E-state index contributed by atoms with van der Waals surface area (Å²) in [6.07, 6.45) is 1.37. The highest BCUT2D eigenvalue weighted by Gasteiger charge is 2.33. The van der Waals surface area contributed by atoms with Crippen LogP contribution in [-0.2, 0) is 14.3 Å². The SMILES string of the molecule is CC(=O)CC[C@H]1CN(c2ccc(N3CCN4CCCC(=O)N4CC3)c(F)c2)C(=O)O1. The molecule has 8 nitrogen and oxygen atoms in total. The molecule has 0 N–H and O–H groups in total. The number of Topliss-reactive ketones (excluding diaryl/α,β-unsaturated/α-hetero) is 1. The van der Waals surface area contributed by atoms with Crippen LogP contribution in [0.25, 0.3) is 0 Å². The number of rotatable bonds is 5. The minimum atomic E-state index is -0.520. The van der Waals surface area contributed by atoms with Crippen molar-refractivity contribution in [3.8, 4) is 0 Å². The first-order valence-corrected chi connectivity index (χ1v) is 10.5. The summed E-state index contributed by atoms with van der Waals surface area (Å²) in [6, 6.07) is 4.76. The number of carbonyl (C=O) groups excluding carboxylic acids is 3. The lowest BCUT2D eigenvalue weighted by Crippen LogP contribution is -2.50. The van der Waals surface area contributed by atoms with Gasteiger partial charge in [0.15, 0.2) is 0 Å². The van der Waals surface area contributed by atoms with E-state index in [2.05, 4.69) is 5.01 Å². The highest BCUT2D eigenvalue weighted by molar-refractivity contribution is 5.90. The number of hydrazine groups is 1. The lowest BCUT2D eigenvalue weighted by Gasteiger charge is -2.36. The monoisotopic (exact) mass is 418 g/mol. The van der Waals surface area contributed by atoms with Gasteiger partial charge in [-0.05, 0) is 38.0 Å². The molecule has 2 amide bonds. The lowest BCUT2D eigenvalue weighted by atomic mass is 10.1. The van der Waals surface area contributed by atoms with Gasteiger partial charge in [-0.25, -0.2) is 14.2 Å². The fraction of sp³-hybridized carbons (Fsp3) is 0.571. The van der Waals surface area contributed by atoms with E-state index in [1.54, 1.807) is 17.1 Å². The molecule has 0 radical (unpaired) electrons. The number of ether oxygens (including phenoxy) is 1. The zero-order valence-corrected chi connectivity index (χ0v) is 17.2. The molecule has 0 aliphatic carbocycles. The summed E-state index contributed by atoms with van der Waals surface area (Å²) in [7, 11) is 0. The standard InChI is InChI=1S/C21H27FN4O4/c1-15(27)4-6-17-14-25(21(29)30-17)16-5-7-19(18(22)13-16)23-9-11-24-8-2-3-20(28)26(24)12-10-23/h5,7,13,17H,2-4,6,8-12,14H2,1H3/t17-/m0/s1. The van der Waals surface area contributed by atoms with E-state index in [9.17, 15) is 18.8 Å². The number of nitrogens with zero attached hydrogens (tertiary/aromatic N) is 4. The average Bonchev–Trinajstić information content (AvgIpc) is 2.94. The Hall–Kier alpha value is -2.68. The van der Waals surface area contributed by atoms with Crippen molar-refractivity contribution in [1.82, 2.24) is 10.0 Å². The maximum absolute atomic E-state index is 15.0. The predicted molar refractivity (Wildman–Crippen MR) is 109 cm³/mol. The van der Waals surface area contributed by atoms with Crippen LogP contribution in [0.15, 0.2) is 18.2 Å². The number of halogens is 1. The van der Waals surface area contributed by atoms with E-state index >= 15 is 0 Å². The third-order valence-electron chi connectivity index (χ3n) is 5.92. The van der Waals surface area contributed by atoms with Gasteiger partial charge in [0.05, 0.1) is 24.5 Å². The minimum Gasteiger partial charge on any atom is -0.444 e. The van der Waals surface area contributed by atoms with Crippen LogP contribution in [0.3, 0.4) is 0 Å². The van der Waals surface area contributed by atoms with Crippen LogP contribution in [-0.4, -0.2) is 73.2 Å². The van der Waals surface area contributed by atoms with Crippen molar-refractivity contribution in [3.63, 3.8) is 0 Å². The van der Waals surface area contributed by atoms with Crippen LogP contribution in [0.5, 0.6) is 0 Å². The zero-order valence-electron chi connectivity index (χ0n) is 17.2. The second-order valence-electron chi connectivity index (χ2n) is 8.05. The van der Waals surface area contributed by atoms with E-state index in [-0.39, 0.29) is 17.8 Å². The van der Waals surface area contributed by atoms with Gasteiger partial charge in [0.2, 0.25) is 5.91 Å². The van der Waals surface area contributed by atoms with Gasteiger partial charge >= 0.3 is 6.09 Å². The summed E-state index contributed by atoms with van der Waals surface area (Å²) >= 11 is 0. The van der Waals surface area contributed by atoms with Crippen molar-refractivity contribution in [2.45, 2.75) is 38.7 Å². The molecule has 1 aromatic rings. The highest BCUT2D eigenvalue weighted by Crippen LogP contribution is 2.29. The quantitative estimate of drug-likeness (QED) is 0.730. The molecule has 3 saturated heterocycles. The molecule has 4 rings (SSSR count). The van der Waals surface area contributed by atoms with Crippen molar-refractivity contribution in [1.29, 1.82) is 0 Å². The van der Waals surface area contributed by atoms with E-state index in [1.165, 1.54) is 17.9 Å². The van der Waals surface area contributed by atoms with E-state index < -0.39 is 11.9 Å². The summed E-state index contributed by atoms with van der Waals surface area (Å²) in [6.45, 7) is 5.05. The van der Waals surface area contributed by atoms with Gasteiger partial charge in [-0.1, -0.05) is 0 Å². The Morgan fingerprint density at radius 3 is 2.73 bits per heavy atom. The van der Waals surface area contributed by atoms with Crippen LogP contribution in [0, 0.1) is 5.82 Å². The Morgan fingerprint density at radius 1 is 1.17 bits per heavy atom. The third kappa shape index (κ3) is 4.26. The Kier molecular flexibility index (Phi) is 5.90. The number of benzene rings is 1. The molecule has 3 heterocycles. The fourth-order valence-electron chi connectivity index (χ4n) is 4.29. The van der Waals surface area contributed by atoms with Crippen LogP contribution < -0.4 is 9.80 Å². The molecule has 0 saturated carbocycles. The van der Waals surface area contributed by atoms with Gasteiger partial charge in [-0.2, -0.15) is 0 Å². The van der Waals surface area contributed by atoms with Crippen molar-refractivity contribution in [2.24, 2.45) is 0 Å². The number of hydrogen-bond acceptors (Lipinski definition) is 6. The first-order valence-electron chi connectivity index (χ1n) is 10.5.